The smallest absolute Gasteiger partial charge is 0.148 e. The van der Waals surface area contributed by atoms with Crippen molar-refractivity contribution in [3.05, 3.63) is 60.7 Å². The molecule has 0 aliphatic rings. The normalized spacial score (nSPS) is 9.82. The third-order valence-electron chi connectivity index (χ3n) is 3.32. The molecule has 0 saturated carbocycles. The van der Waals surface area contributed by atoms with Crippen molar-refractivity contribution in [2.75, 3.05) is 13.2 Å². The Hall–Kier alpha value is -2.66. The molecule has 0 heterocycles. The highest BCUT2D eigenvalue weighted by Gasteiger charge is 2.06. The molecule has 2 nitrogen and oxygen atoms in total. The lowest BCUT2D eigenvalue weighted by atomic mass is 9.98. The molecule has 0 N–H and O–H groups in total. The first-order valence-corrected chi connectivity index (χ1v) is 7.31. The molecule has 0 bridgehead atoms. The molecule has 0 unspecified atom stereocenters. The third kappa shape index (κ3) is 3.93. The predicted molar refractivity (Wildman–Crippen MR) is 91.3 cm³/mol. The van der Waals surface area contributed by atoms with E-state index in [1.807, 2.05) is 24.3 Å². The molecule has 22 heavy (non-hydrogen) atoms. The number of ether oxygens (including phenoxy) is 2. The highest BCUT2D eigenvalue weighted by atomic mass is 16.5. The highest BCUT2D eigenvalue weighted by molar-refractivity contribution is 5.69. The Balaban J connectivity index is 2.29. The first-order valence-electron chi connectivity index (χ1n) is 7.31. The van der Waals surface area contributed by atoms with Gasteiger partial charge in [-0.25, -0.2) is 0 Å². The van der Waals surface area contributed by atoms with Crippen LogP contribution in [0.25, 0.3) is 11.1 Å². The summed E-state index contributed by atoms with van der Waals surface area (Å²) in [5.41, 5.74) is 3.56. The Labute approximate surface area is 132 Å². The Kier molecular flexibility index (Phi) is 5.68. The summed E-state index contributed by atoms with van der Waals surface area (Å²) in [6.07, 6.45) is 7.93. The minimum Gasteiger partial charge on any atom is -0.490 e. The lowest BCUT2D eigenvalue weighted by Crippen LogP contribution is -1.96. The van der Waals surface area contributed by atoms with Crippen molar-refractivity contribution < 1.29 is 9.47 Å². The Morgan fingerprint density at radius 3 is 2.45 bits per heavy atom. The van der Waals surface area contributed by atoms with Gasteiger partial charge in [0.25, 0.3) is 0 Å². The topological polar surface area (TPSA) is 18.5 Å². The molecule has 2 rings (SSSR count). The van der Waals surface area contributed by atoms with Crippen LogP contribution >= 0.6 is 0 Å². The van der Waals surface area contributed by atoms with Gasteiger partial charge in [-0.15, -0.1) is 6.42 Å². The van der Waals surface area contributed by atoms with Crippen molar-refractivity contribution in [1.82, 2.24) is 0 Å². The van der Waals surface area contributed by atoms with Crippen LogP contribution in [0.2, 0.25) is 0 Å². The predicted octanol–water partition coefficient (Wildman–Crippen LogP) is 4.49. The van der Waals surface area contributed by atoms with Crippen molar-refractivity contribution in [2.45, 2.75) is 13.3 Å². The van der Waals surface area contributed by atoms with E-state index in [1.165, 1.54) is 5.56 Å². The molecule has 0 aliphatic heterocycles. The van der Waals surface area contributed by atoms with Crippen LogP contribution in [0.5, 0.6) is 11.5 Å². The fourth-order valence-corrected chi connectivity index (χ4v) is 2.23. The van der Waals surface area contributed by atoms with Gasteiger partial charge in [-0.05, 0) is 47.4 Å². The molecule has 2 aromatic rings. The maximum Gasteiger partial charge on any atom is 0.148 e. The fourth-order valence-electron chi connectivity index (χ4n) is 2.23. The van der Waals surface area contributed by atoms with E-state index in [1.54, 1.807) is 6.08 Å². The van der Waals surface area contributed by atoms with E-state index in [-0.39, 0.29) is 6.61 Å². The van der Waals surface area contributed by atoms with Crippen LogP contribution in [0, 0.1) is 12.3 Å². The van der Waals surface area contributed by atoms with Gasteiger partial charge in [-0.2, -0.15) is 0 Å². The summed E-state index contributed by atoms with van der Waals surface area (Å²) in [6.45, 7) is 6.57. The van der Waals surface area contributed by atoms with Crippen molar-refractivity contribution >= 4 is 0 Å². The molecule has 0 amide bonds. The van der Waals surface area contributed by atoms with Crippen molar-refractivity contribution in [3.63, 3.8) is 0 Å². The maximum absolute atomic E-state index is 5.52. The molecule has 0 aliphatic carbocycles. The molecule has 0 aromatic heterocycles. The van der Waals surface area contributed by atoms with Crippen LogP contribution in [0.3, 0.4) is 0 Å². The monoisotopic (exact) mass is 292 g/mol. The van der Waals surface area contributed by atoms with Crippen LogP contribution in [-0.2, 0) is 6.42 Å². The maximum atomic E-state index is 5.52. The van der Waals surface area contributed by atoms with E-state index in [0.717, 1.165) is 29.0 Å². The van der Waals surface area contributed by atoms with E-state index in [0.29, 0.717) is 6.61 Å². The summed E-state index contributed by atoms with van der Waals surface area (Å²) in [5, 5.41) is 0. The number of terminal acetylenes is 1. The third-order valence-corrected chi connectivity index (χ3v) is 3.32. The number of aryl methyl sites for hydroxylation is 1. The van der Waals surface area contributed by atoms with Crippen molar-refractivity contribution in [1.29, 1.82) is 0 Å². The van der Waals surface area contributed by atoms with Gasteiger partial charge < -0.3 is 9.47 Å². The second-order valence-corrected chi connectivity index (χ2v) is 4.79. The summed E-state index contributed by atoms with van der Waals surface area (Å²) in [5.74, 6) is 4.11. The summed E-state index contributed by atoms with van der Waals surface area (Å²) in [7, 11) is 0. The second-order valence-electron chi connectivity index (χ2n) is 4.79. The zero-order valence-corrected chi connectivity index (χ0v) is 12.8. The molecule has 112 valence electrons. The van der Waals surface area contributed by atoms with E-state index in [9.17, 15) is 0 Å². The van der Waals surface area contributed by atoms with Crippen LogP contribution in [0.4, 0.5) is 0 Å². The summed E-state index contributed by atoms with van der Waals surface area (Å²) < 4.78 is 11.0. The molecule has 0 fully saturated rings. The average Bonchev–Trinajstić information content (AvgIpc) is 2.58. The van der Waals surface area contributed by atoms with Gasteiger partial charge in [0.1, 0.15) is 24.7 Å². The minimum absolute atomic E-state index is 0.277. The largest absolute Gasteiger partial charge is 0.490 e. The Morgan fingerprint density at radius 2 is 1.82 bits per heavy atom. The zero-order valence-electron chi connectivity index (χ0n) is 12.8. The van der Waals surface area contributed by atoms with Gasteiger partial charge in [0.15, 0.2) is 0 Å². The lowest BCUT2D eigenvalue weighted by molar-refractivity contribution is 0.363. The van der Waals surface area contributed by atoms with E-state index >= 15 is 0 Å². The minimum atomic E-state index is 0.277. The van der Waals surface area contributed by atoms with E-state index in [4.69, 9.17) is 15.9 Å². The van der Waals surface area contributed by atoms with E-state index in [2.05, 4.69) is 37.6 Å². The summed E-state index contributed by atoms with van der Waals surface area (Å²) >= 11 is 0. The van der Waals surface area contributed by atoms with Gasteiger partial charge in [-0.3, -0.25) is 0 Å². The Morgan fingerprint density at radius 1 is 1.09 bits per heavy atom. The second kappa shape index (κ2) is 7.95. The van der Waals surface area contributed by atoms with Gasteiger partial charge in [0, 0.05) is 0 Å². The molecule has 0 saturated heterocycles. The molecule has 0 atom stereocenters. The quantitative estimate of drug-likeness (QED) is 0.553. The van der Waals surface area contributed by atoms with Crippen molar-refractivity contribution in [3.8, 4) is 35.0 Å². The van der Waals surface area contributed by atoms with Gasteiger partial charge in [0.2, 0.25) is 0 Å². The molecule has 2 heteroatoms. The molecular weight excluding hydrogens is 272 g/mol. The van der Waals surface area contributed by atoms with Gasteiger partial charge in [0.05, 0.1) is 0 Å². The van der Waals surface area contributed by atoms with Gasteiger partial charge in [-0.1, -0.05) is 43.7 Å². The van der Waals surface area contributed by atoms with Crippen LogP contribution in [-0.4, -0.2) is 13.2 Å². The fraction of sp³-hybridized carbons (Fsp3) is 0.200. The van der Waals surface area contributed by atoms with Crippen molar-refractivity contribution in [2.24, 2.45) is 0 Å². The SMILES string of the molecule is C#CCOc1ccc(CC)c(-c2ccc(OCC=C)cc2)c1. The van der Waals surface area contributed by atoms with Crippen LogP contribution in [0.1, 0.15) is 12.5 Å². The standard InChI is InChI=1S/C20H20O2/c1-4-13-21-18-10-8-17(9-11-18)20-15-19(22-14-5-2)12-7-16(20)6-3/h2,4,7-12,15H,1,6,13-14H2,3H3. The van der Waals surface area contributed by atoms with Crippen LogP contribution < -0.4 is 9.47 Å². The summed E-state index contributed by atoms with van der Waals surface area (Å²) in [4.78, 5) is 0. The van der Waals surface area contributed by atoms with E-state index < -0.39 is 0 Å². The first kappa shape index (κ1) is 15.7. The molecular formula is C20H20O2. The number of hydrogen-bond acceptors (Lipinski definition) is 2. The molecule has 0 radical (unpaired) electrons. The average molecular weight is 292 g/mol. The lowest BCUT2D eigenvalue weighted by Gasteiger charge is -2.12. The van der Waals surface area contributed by atoms with Gasteiger partial charge >= 0.3 is 0 Å². The summed E-state index contributed by atoms with van der Waals surface area (Å²) in [6, 6.07) is 14.1. The number of benzene rings is 2. The molecule has 0 spiro atoms. The van der Waals surface area contributed by atoms with Crippen LogP contribution in [0.15, 0.2) is 55.1 Å². The highest BCUT2D eigenvalue weighted by Crippen LogP contribution is 2.30. The number of hydrogen-bond donors (Lipinski definition) is 0. The zero-order chi connectivity index (χ0) is 15.8. The Bertz CT molecular complexity index is 663. The number of rotatable bonds is 7. The molecule has 2 aromatic carbocycles. The first-order chi connectivity index (χ1) is 10.8.